The minimum absolute atomic E-state index is 0.00176. The maximum absolute atomic E-state index is 12.9. The summed E-state index contributed by atoms with van der Waals surface area (Å²) in [6.07, 6.45) is 1.14. The van der Waals surface area contributed by atoms with Gasteiger partial charge >= 0.3 is 0 Å². The number of rotatable bonds is 8. The van der Waals surface area contributed by atoms with Crippen molar-refractivity contribution >= 4 is 21.8 Å². The Morgan fingerprint density at radius 2 is 1.40 bits per heavy atom. The lowest BCUT2D eigenvalue weighted by atomic mass is 9.99. The van der Waals surface area contributed by atoms with E-state index in [-0.39, 0.29) is 29.4 Å². The van der Waals surface area contributed by atoms with Gasteiger partial charge in [0.15, 0.2) is 11.5 Å². The normalized spacial score (nSPS) is 12.4. The van der Waals surface area contributed by atoms with Gasteiger partial charge in [-0.15, -0.1) is 0 Å². The summed E-state index contributed by atoms with van der Waals surface area (Å²) in [5.41, 5.74) is 2.54. The molecule has 0 radical (unpaired) electrons. The van der Waals surface area contributed by atoms with E-state index >= 15 is 0 Å². The summed E-state index contributed by atoms with van der Waals surface area (Å²) < 4.78 is 35.3. The van der Waals surface area contributed by atoms with Crippen molar-refractivity contribution < 1.29 is 27.5 Å². The third-order valence-corrected chi connectivity index (χ3v) is 7.10. The number of fused-ring (bicyclic) bond motifs is 1. The molecule has 40 heavy (non-hydrogen) atoms. The highest BCUT2D eigenvalue weighted by Crippen LogP contribution is 2.31. The third kappa shape index (κ3) is 6.08. The van der Waals surface area contributed by atoms with Crippen LogP contribution in [0, 0.1) is 0 Å². The molecule has 2 amide bonds. The number of carbonyl (C=O) groups excluding carboxylic acids is 2. The van der Waals surface area contributed by atoms with E-state index in [0.29, 0.717) is 41.4 Å². The highest BCUT2D eigenvalue weighted by atomic mass is 32.2. The smallest absolute Gasteiger partial charge is 0.270 e. The van der Waals surface area contributed by atoms with E-state index in [0.717, 1.165) is 11.9 Å². The Balaban J connectivity index is 1.26. The first-order valence-electron chi connectivity index (χ1n) is 12.3. The fourth-order valence-electron chi connectivity index (χ4n) is 4.22. The van der Waals surface area contributed by atoms with Crippen molar-refractivity contribution in [1.29, 1.82) is 0 Å². The zero-order chi connectivity index (χ0) is 28.1. The van der Waals surface area contributed by atoms with Crippen LogP contribution in [0.1, 0.15) is 32.1 Å². The highest BCUT2D eigenvalue weighted by molar-refractivity contribution is 7.89. The van der Waals surface area contributed by atoms with Crippen LogP contribution in [0.2, 0.25) is 0 Å². The van der Waals surface area contributed by atoms with Crippen LogP contribution in [-0.4, -0.2) is 43.4 Å². The molecule has 2 heterocycles. The number of aromatic nitrogens is 2. The van der Waals surface area contributed by atoms with Gasteiger partial charge in [-0.25, -0.2) is 23.5 Å². The van der Waals surface area contributed by atoms with Crippen molar-refractivity contribution in [2.45, 2.75) is 18.0 Å². The van der Waals surface area contributed by atoms with Gasteiger partial charge in [-0.3, -0.25) is 9.59 Å². The van der Waals surface area contributed by atoms with Gasteiger partial charge in [0.25, 0.3) is 11.8 Å². The Kier molecular flexibility index (Phi) is 7.71. The van der Waals surface area contributed by atoms with Crippen molar-refractivity contribution in [3.63, 3.8) is 0 Å². The van der Waals surface area contributed by atoms with E-state index in [1.54, 1.807) is 54.6 Å². The van der Waals surface area contributed by atoms with Crippen LogP contribution >= 0.6 is 0 Å². The molecule has 0 fully saturated rings. The Morgan fingerprint density at radius 3 is 2.12 bits per heavy atom. The summed E-state index contributed by atoms with van der Waals surface area (Å²) in [5, 5.41) is 11.0. The van der Waals surface area contributed by atoms with Crippen LogP contribution < -0.4 is 25.2 Å². The van der Waals surface area contributed by atoms with E-state index in [1.807, 2.05) is 6.07 Å². The van der Waals surface area contributed by atoms with Gasteiger partial charge in [-0.2, -0.15) is 0 Å². The number of amides is 2. The molecule has 0 atom stereocenters. The number of nitrogens with one attached hydrogen (secondary N) is 2. The van der Waals surface area contributed by atoms with Crippen LogP contribution in [0.3, 0.4) is 0 Å². The number of benzene rings is 3. The van der Waals surface area contributed by atoms with Crippen molar-refractivity contribution in [2.75, 3.05) is 13.2 Å². The second kappa shape index (κ2) is 11.5. The summed E-state index contributed by atoms with van der Waals surface area (Å²) in [6.45, 7) is 1.25. The maximum atomic E-state index is 12.9. The number of nitrogens with two attached hydrogens (primary N) is 1. The quantitative estimate of drug-likeness (QED) is 0.296. The summed E-state index contributed by atoms with van der Waals surface area (Å²) in [7, 11) is -3.97. The molecule has 1 aliphatic heterocycles. The van der Waals surface area contributed by atoms with E-state index in [1.165, 1.54) is 12.1 Å². The fraction of sp³-hybridized carbons (Fsp3) is 0.143. The first-order chi connectivity index (χ1) is 19.3. The second-order valence-corrected chi connectivity index (χ2v) is 10.4. The molecule has 3 aromatic carbocycles. The van der Waals surface area contributed by atoms with Crippen LogP contribution in [0.5, 0.6) is 11.5 Å². The van der Waals surface area contributed by atoms with Crippen molar-refractivity contribution in [2.24, 2.45) is 5.14 Å². The number of sulfonamides is 1. The van der Waals surface area contributed by atoms with E-state index < -0.39 is 21.8 Å². The Bertz CT molecular complexity index is 1690. The Labute approximate surface area is 230 Å². The molecule has 204 valence electrons. The summed E-state index contributed by atoms with van der Waals surface area (Å²) in [5.74, 6) is 0.270. The Morgan fingerprint density at radius 1 is 0.775 bits per heavy atom. The topological polar surface area (TPSA) is 163 Å². The third-order valence-electron chi connectivity index (χ3n) is 6.13. The SMILES string of the molecule is NS(=O)(=O)c1ccccc1-c1ccccc1CNC(=O)c1cc(C(=O)NCc2ccc3c(c2)OCCO3)ncn1. The summed E-state index contributed by atoms with van der Waals surface area (Å²) in [4.78, 5) is 33.6. The van der Waals surface area contributed by atoms with Crippen molar-refractivity contribution in [3.8, 4) is 22.6 Å². The molecule has 1 aromatic heterocycles. The number of nitrogens with zero attached hydrogens (tertiary/aromatic N) is 2. The molecule has 5 rings (SSSR count). The molecule has 4 N–H and O–H groups in total. The highest BCUT2D eigenvalue weighted by Gasteiger charge is 2.18. The maximum Gasteiger partial charge on any atom is 0.270 e. The van der Waals surface area contributed by atoms with Crippen LogP contribution in [0.25, 0.3) is 11.1 Å². The van der Waals surface area contributed by atoms with E-state index in [2.05, 4.69) is 20.6 Å². The molecule has 12 heteroatoms. The predicted molar refractivity (Wildman–Crippen MR) is 145 cm³/mol. The molecule has 0 spiro atoms. The van der Waals surface area contributed by atoms with Gasteiger partial charge in [-0.05, 0) is 34.9 Å². The lowest BCUT2D eigenvalue weighted by molar-refractivity contribution is 0.0944. The predicted octanol–water partition coefficient (Wildman–Crippen LogP) is 2.42. The molecule has 0 bridgehead atoms. The number of ether oxygens (including phenoxy) is 2. The standard InChI is InChI=1S/C28H25N5O6S/c29-40(36,37)26-8-4-3-7-21(26)20-6-2-1-5-19(20)16-31-28(35)23-14-22(32-17-33-23)27(34)30-15-18-9-10-24-25(13-18)39-12-11-38-24/h1-10,13-14,17H,11-12,15-16H2,(H,30,34)(H,31,35)(H2,29,36,37). The summed E-state index contributed by atoms with van der Waals surface area (Å²) in [6, 6.07) is 20.2. The first-order valence-corrected chi connectivity index (χ1v) is 13.8. The van der Waals surface area contributed by atoms with Gasteiger partial charge in [0.05, 0.1) is 4.90 Å². The average molecular weight is 560 g/mol. The lowest BCUT2D eigenvalue weighted by Crippen LogP contribution is -2.27. The van der Waals surface area contributed by atoms with Gasteiger partial charge in [0.2, 0.25) is 10.0 Å². The Hall–Kier alpha value is -4.81. The molecule has 0 saturated heterocycles. The average Bonchev–Trinajstić information content (AvgIpc) is 2.98. The van der Waals surface area contributed by atoms with Crippen molar-refractivity contribution in [1.82, 2.24) is 20.6 Å². The minimum atomic E-state index is -3.97. The molecule has 0 saturated carbocycles. The van der Waals surface area contributed by atoms with Gasteiger partial charge in [0.1, 0.15) is 30.9 Å². The molecule has 1 aliphatic rings. The van der Waals surface area contributed by atoms with E-state index in [9.17, 15) is 18.0 Å². The summed E-state index contributed by atoms with van der Waals surface area (Å²) >= 11 is 0. The van der Waals surface area contributed by atoms with Crippen molar-refractivity contribution in [3.05, 3.63) is 102 Å². The fourth-order valence-corrected chi connectivity index (χ4v) is 4.97. The van der Waals surface area contributed by atoms with Crippen LogP contribution in [-0.2, 0) is 23.1 Å². The molecule has 0 aliphatic carbocycles. The zero-order valence-corrected chi connectivity index (χ0v) is 22.0. The van der Waals surface area contributed by atoms with Gasteiger partial charge < -0.3 is 20.1 Å². The lowest BCUT2D eigenvalue weighted by Gasteiger charge is -2.18. The number of hydrogen-bond acceptors (Lipinski definition) is 8. The zero-order valence-electron chi connectivity index (χ0n) is 21.2. The van der Waals surface area contributed by atoms with E-state index in [4.69, 9.17) is 14.6 Å². The van der Waals surface area contributed by atoms with Crippen LogP contribution in [0.4, 0.5) is 0 Å². The minimum Gasteiger partial charge on any atom is -0.486 e. The molecular weight excluding hydrogens is 534 g/mol. The second-order valence-electron chi connectivity index (χ2n) is 8.83. The first kappa shape index (κ1) is 26.8. The largest absolute Gasteiger partial charge is 0.486 e. The molecular formula is C28H25N5O6S. The number of primary sulfonamides is 1. The van der Waals surface area contributed by atoms with Gasteiger partial charge in [-0.1, -0.05) is 48.5 Å². The van der Waals surface area contributed by atoms with Crippen LogP contribution in [0.15, 0.2) is 84.0 Å². The number of hydrogen-bond donors (Lipinski definition) is 3. The molecule has 4 aromatic rings. The number of carbonyl (C=O) groups is 2. The molecule has 11 nitrogen and oxygen atoms in total. The monoisotopic (exact) mass is 559 g/mol. The van der Waals surface area contributed by atoms with Gasteiger partial charge in [0, 0.05) is 24.7 Å². The molecule has 0 unspecified atom stereocenters.